The molecule has 25 heavy (non-hydrogen) atoms. The van der Waals surface area contributed by atoms with Crippen molar-refractivity contribution in [2.45, 2.75) is 37.6 Å². The van der Waals surface area contributed by atoms with Crippen molar-refractivity contribution in [3.63, 3.8) is 0 Å². The maximum atomic E-state index is 13.8. The number of nitrogens with zero attached hydrogens (tertiary/aromatic N) is 2. The first-order valence-electron chi connectivity index (χ1n) is 8.63. The van der Waals surface area contributed by atoms with Crippen LogP contribution in [0, 0.1) is 5.82 Å². The van der Waals surface area contributed by atoms with Crippen LogP contribution >= 0.6 is 12.4 Å². The van der Waals surface area contributed by atoms with Gasteiger partial charge in [-0.3, -0.25) is 9.59 Å². The molecule has 1 saturated carbocycles. The fourth-order valence-corrected chi connectivity index (χ4v) is 3.66. The van der Waals surface area contributed by atoms with E-state index in [9.17, 15) is 14.0 Å². The largest absolute Gasteiger partial charge is 0.339 e. The lowest BCUT2D eigenvalue weighted by atomic mass is 9.97. The standard InChI is InChI=1S/C18H24FN3O2.ClH/c19-15-7-2-1-6-14(15)16(23)21-10-5-11-22(13-12-21)17(24)18(20)8-3-4-9-18;/h1-2,6-7H,3-5,8-13,20H2;1H. The molecule has 1 aliphatic heterocycles. The van der Waals surface area contributed by atoms with Crippen molar-refractivity contribution in [2.24, 2.45) is 5.73 Å². The van der Waals surface area contributed by atoms with Crippen molar-refractivity contribution in [1.29, 1.82) is 0 Å². The van der Waals surface area contributed by atoms with Crippen molar-refractivity contribution in [2.75, 3.05) is 26.2 Å². The molecule has 2 fully saturated rings. The van der Waals surface area contributed by atoms with E-state index < -0.39 is 11.4 Å². The summed E-state index contributed by atoms with van der Waals surface area (Å²) in [7, 11) is 0. The van der Waals surface area contributed by atoms with Crippen LogP contribution in [0.1, 0.15) is 42.5 Å². The summed E-state index contributed by atoms with van der Waals surface area (Å²) in [6.45, 7) is 1.99. The molecule has 3 rings (SSSR count). The van der Waals surface area contributed by atoms with Crippen LogP contribution in [0.5, 0.6) is 0 Å². The molecule has 2 amide bonds. The first-order chi connectivity index (χ1) is 11.5. The van der Waals surface area contributed by atoms with E-state index in [1.807, 2.05) is 0 Å². The van der Waals surface area contributed by atoms with Crippen molar-refractivity contribution in [1.82, 2.24) is 9.80 Å². The highest BCUT2D eigenvalue weighted by Crippen LogP contribution is 2.29. The Bertz CT molecular complexity index is 635. The highest BCUT2D eigenvalue weighted by atomic mass is 35.5. The quantitative estimate of drug-likeness (QED) is 0.869. The van der Waals surface area contributed by atoms with Crippen LogP contribution in [-0.2, 0) is 4.79 Å². The second kappa shape index (κ2) is 8.15. The summed E-state index contributed by atoms with van der Waals surface area (Å²) in [6.07, 6.45) is 4.14. The zero-order valence-electron chi connectivity index (χ0n) is 14.2. The number of amides is 2. The second-order valence-electron chi connectivity index (χ2n) is 6.78. The lowest BCUT2D eigenvalue weighted by Gasteiger charge is -2.30. The van der Waals surface area contributed by atoms with Gasteiger partial charge in [0.25, 0.3) is 5.91 Å². The van der Waals surface area contributed by atoms with E-state index in [1.54, 1.807) is 21.9 Å². The minimum Gasteiger partial charge on any atom is -0.339 e. The molecule has 1 aromatic rings. The third-order valence-corrected chi connectivity index (χ3v) is 5.10. The molecular formula is C18H25ClFN3O2. The Morgan fingerprint density at radius 2 is 1.56 bits per heavy atom. The molecule has 0 bridgehead atoms. The number of rotatable bonds is 2. The highest BCUT2D eigenvalue weighted by molar-refractivity contribution is 5.94. The molecule has 7 heteroatoms. The Kier molecular flexibility index (Phi) is 6.41. The number of carbonyl (C=O) groups excluding carboxylic acids is 2. The van der Waals surface area contributed by atoms with Gasteiger partial charge >= 0.3 is 0 Å². The number of halogens is 2. The molecule has 0 radical (unpaired) electrons. The number of hydrogen-bond donors (Lipinski definition) is 1. The van der Waals surface area contributed by atoms with Crippen molar-refractivity contribution in [3.8, 4) is 0 Å². The maximum Gasteiger partial charge on any atom is 0.256 e. The van der Waals surface area contributed by atoms with Crippen LogP contribution in [-0.4, -0.2) is 53.3 Å². The Labute approximate surface area is 153 Å². The minimum atomic E-state index is -0.731. The van der Waals surface area contributed by atoms with E-state index in [-0.39, 0.29) is 29.8 Å². The zero-order valence-corrected chi connectivity index (χ0v) is 15.1. The SMILES string of the molecule is Cl.NC1(C(=O)N2CCCN(C(=O)c3ccccc3F)CC2)CCCC1. The molecular weight excluding hydrogens is 345 g/mol. The van der Waals surface area contributed by atoms with Crippen LogP contribution in [0.4, 0.5) is 4.39 Å². The van der Waals surface area contributed by atoms with Crippen molar-refractivity contribution in [3.05, 3.63) is 35.6 Å². The molecule has 0 aromatic heterocycles. The topological polar surface area (TPSA) is 66.6 Å². The maximum absolute atomic E-state index is 13.8. The summed E-state index contributed by atoms with van der Waals surface area (Å²) < 4.78 is 13.8. The Morgan fingerprint density at radius 3 is 2.24 bits per heavy atom. The molecule has 1 heterocycles. The summed E-state index contributed by atoms with van der Waals surface area (Å²) in [5, 5.41) is 0. The van der Waals surface area contributed by atoms with E-state index in [4.69, 9.17) is 5.73 Å². The lowest BCUT2D eigenvalue weighted by Crippen LogP contribution is -2.54. The summed E-state index contributed by atoms with van der Waals surface area (Å²) in [5.74, 6) is -0.822. The van der Waals surface area contributed by atoms with Gasteiger partial charge in [-0.05, 0) is 31.4 Å². The molecule has 0 atom stereocenters. The molecule has 1 aromatic carbocycles. The number of carbonyl (C=O) groups is 2. The molecule has 1 aliphatic carbocycles. The predicted octanol–water partition coefficient (Wildman–Crippen LogP) is 2.19. The normalized spacial score (nSPS) is 19.9. The van der Waals surface area contributed by atoms with Gasteiger partial charge in [0.15, 0.2) is 0 Å². The zero-order chi connectivity index (χ0) is 17.2. The van der Waals surface area contributed by atoms with Crippen molar-refractivity contribution < 1.29 is 14.0 Å². The first-order valence-corrected chi connectivity index (χ1v) is 8.63. The fourth-order valence-electron chi connectivity index (χ4n) is 3.66. The Hall–Kier alpha value is -1.66. The van der Waals surface area contributed by atoms with E-state index in [0.29, 0.717) is 32.6 Å². The smallest absolute Gasteiger partial charge is 0.256 e. The summed E-state index contributed by atoms with van der Waals surface area (Å²) in [4.78, 5) is 28.6. The van der Waals surface area contributed by atoms with E-state index in [0.717, 1.165) is 25.7 Å². The Balaban J connectivity index is 0.00000225. The van der Waals surface area contributed by atoms with Crippen LogP contribution in [0.3, 0.4) is 0 Å². The van der Waals surface area contributed by atoms with Gasteiger partial charge in [0.05, 0.1) is 11.1 Å². The van der Waals surface area contributed by atoms with Gasteiger partial charge in [0, 0.05) is 26.2 Å². The van der Waals surface area contributed by atoms with Gasteiger partial charge < -0.3 is 15.5 Å². The van der Waals surface area contributed by atoms with Gasteiger partial charge in [-0.15, -0.1) is 12.4 Å². The van der Waals surface area contributed by atoms with Gasteiger partial charge in [-0.1, -0.05) is 25.0 Å². The molecule has 2 aliphatic rings. The lowest BCUT2D eigenvalue weighted by molar-refractivity contribution is -0.136. The average molecular weight is 370 g/mol. The molecule has 0 unspecified atom stereocenters. The monoisotopic (exact) mass is 369 g/mol. The molecule has 5 nitrogen and oxygen atoms in total. The fraction of sp³-hybridized carbons (Fsp3) is 0.556. The minimum absolute atomic E-state index is 0. The van der Waals surface area contributed by atoms with Gasteiger partial charge in [-0.25, -0.2) is 4.39 Å². The number of benzene rings is 1. The van der Waals surface area contributed by atoms with Gasteiger partial charge in [0.2, 0.25) is 5.91 Å². The van der Waals surface area contributed by atoms with Crippen molar-refractivity contribution >= 4 is 24.2 Å². The number of hydrogen-bond acceptors (Lipinski definition) is 3. The predicted molar refractivity (Wildman–Crippen MR) is 96.1 cm³/mol. The molecule has 1 saturated heterocycles. The van der Waals surface area contributed by atoms with Gasteiger partial charge in [0.1, 0.15) is 5.82 Å². The first kappa shape index (κ1) is 19.7. The third kappa shape index (κ3) is 4.12. The average Bonchev–Trinajstić information content (AvgIpc) is 2.89. The summed E-state index contributed by atoms with van der Waals surface area (Å²) >= 11 is 0. The van der Waals surface area contributed by atoms with Crippen LogP contribution in [0.15, 0.2) is 24.3 Å². The van der Waals surface area contributed by atoms with Crippen LogP contribution < -0.4 is 5.73 Å². The summed E-state index contributed by atoms with van der Waals surface area (Å²) in [6, 6.07) is 6.01. The molecule has 138 valence electrons. The summed E-state index contributed by atoms with van der Waals surface area (Å²) in [5.41, 5.74) is 5.62. The van der Waals surface area contributed by atoms with E-state index in [2.05, 4.69) is 0 Å². The van der Waals surface area contributed by atoms with E-state index in [1.165, 1.54) is 12.1 Å². The van der Waals surface area contributed by atoms with Crippen LogP contribution in [0.25, 0.3) is 0 Å². The molecule has 2 N–H and O–H groups in total. The molecule has 0 spiro atoms. The van der Waals surface area contributed by atoms with Crippen LogP contribution in [0.2, 0.25) is 0 Å². The van der Waals surface area contributed by atoms with E-state index >= 15 is 0 Å². The highest BCUT2D eigenvalue weighted by Gasteiger charge is 2.40. The Morgan fingerprint density at radius 1 is 0.960 bits per heavy atom. The number of nitrogens with two attached hydrogens (primary N) is 1. The second-order valence-corrected chi connectivity index (χ2v) is 6.78. The third-order valence-electron chi connectivity index (χ3n) is 5.10. The van der Waals surface area contributed by atoms with Gasteiger partial charge in [-0.2, -0.15) is 0 Å².